The lowest BCUT2D eigenvalue weighted by molar-refractivity contribution is -0.135. The second kappa shape index (κ2) is 7.59. The van der Waals surface area contributed by atoms with E-state index in [0.29, 0.717) is 19.5 Å². The van der Waals surface area contributed by atoms with Crippen LogP contribution in [0.2, 0.25) is 0 Å². The summed E-state index contributed by atoms with van der Waals surface area (Å²) in [6.45, 7) is 3.72. The molecule has 1 fully saturated rings. The predicted octanol–water partition coefficient (Wildman–Crippen LogP) is 2.71. The Morgan fingerprint density at radius 2 is 2.24 bits per heavy atom. The van der Waals surface area contributed by atoms with Crippen molar-refractivity contribution >= 4 is 27.7 Å². The lowest BCUT2D eigenvalue weighted by Crippen LogP contribution is -2.45. The molecule has 1 unspecified atom stereocenters. The van der Waals surface area contributed by atoms with Gasteiger partial charge in [0.2, 0.25) is 11.8 Å². The highest BCUT2D eigenvalue weighted by atomic mass is 79.9. The number of hydrogen-bond donors (Lipinski definition) is 1. The molecule has 0 aliphatic carbocycles. The van der Waals surface area contributed by atoms with Crippen molar-refractivity contribution in [3.63, 3.8) is 0 Å². The fourth-order valence-electron chi connectivity index (χ4n) is 2.62. The normalized spacial score (nSPS) is 18.4. The summed E-state index contributed by atoms with van der Waals surface area (Å²) >= 11 is 3.42. The Balaban J connectivity index is 1.86. The smallest absolute Gasteiger partial charge is 0.225 e. The molecule has 2 amide bonds. The zero-order valence-corrected chi connectivity index (χ0v) is 13.9. The fraction of sp³-hybridized carbons (Fsp3) is 0.500. The summed E-state index contributed by atoms with van der Waals surface area (Å²) in [5.74, 6) is 0.101. The number of nitrogens with zero attached hydrogens (tertiary/aromatic N) is 1. The highest BCUT2D eigenvalue weighted by molar-refractivity contribution is 9.10. The van der Waals surface area contributed by atoms with Gasteiger partial charge in [0.25, 0.3) is 0 Å². The number of nitrogens with one attached hydrogen (secondary N) is 1. The Labute approximate surface area is 134 Å². The van der Waals surface area contributed by atoms with Gasteiger partial charge in [0.1, 0.15) is 0 Å². The summed E-state index contributed by atoms with van der Waals surface area (Å²) in [5.41, 5.74) is 1.06. The Bertz CT molecular complexity index is 519. The van der Waals surface area contributed by atoms with Gasteiger partial charge in [0.15, 0.2) is 0 Å². The lowest BCUT2D eigenvalue weighted by atomic mass is 9.97. The quantitative estimate of drug-likeness (QED) is 0.905. The number of carbonyl (C=O) groups is 2. The number of benzene rings is 1. The Kier molecular flexibility index (Phi) is 5.79. The first-order chi connectivity index (χ1) is 10.1. The number of halogens is 1. The van der Waals surface area contributed by atoms with Crippen molar-refractivity contribution in [2.24, 2.45) is 5.92 Å². The van der Waals surface area contributed by atoms with Crippen LogP contribution in [-0.2, 0) is 16.1 Å². The monoisotopic (exact) mass is 352 g/mol. The van der Waals surface area contributed by atoms with E-state index < -0.39 is 0 Å². The van der Waals surface area contributed by atoms with Gasteiger partial charge in [-0.1, -0.05) is 35.0 Å². The zero-order valence-electron chi connectivity index (χ0n) is 12.3. The third-order valence-corrected chi connectivity index (χ3v) is 4.30. The first kappa shape index (κ1) is 16.0. The summed E-state index contributed by atoms with van der Waals surface area (Å²) < 4.78 is 1.01. The standard InChI is InChI=1S/C16H21BrN2O2/c1-2-15(20)19-8-4-6-13(11-19)16(21)18-10-12-5-3-7-14(17)9-12/h3,5,7,9,13H,2,4,6,8,10-11H2,1H3,(H,18,21). The summed E-state index contributed by atoms with van der Waals surface area (Å²) in [4.78, 5) is 25.8. The molecule has 1 saturated heterocycles. The molecule has 1 atom stereocenters. The largest absolute Gasteiger partial charge is 0.352 e. The van der Waals surface area contributed by atoms with E-state index in [-0.39, 0.29) is 17.7 Å². The number of carbonyl (C=O) groups excluding carboxylic acids is 2. The van der Waals surface area contributed by atoms with Crippen molar-refractivity contribution in [2.75, 3.05) is 13.1 Å². The third kappa shape index (κ3) is 4.56. The summed E-state index contributed by atoms with van der Waals surface area (Å²) in [5, 5.41) is 2.98. The molecule has 0 aromatic heterocycles. The Morgan fingerprint density at radius 1 is 1.43 bits per heavy atom. The van der Waals surface area contributed by atoms with E-state index in [0.717, 1.165) is 29.4 Å². The summed E-state index contributed by atoms with van der Waals surface area (Å²) in [7, 11) is 0. The predicted molar refractivity (Wildman–Crippen MR) is 85.6 cm³/mol. The van der Waals surface area contributed by atoms with E-state index in [1.54, 1.807) is 0 Å². The minimum atomic E-state index is -0.0820. The van der Waals surface area contributed by atoms with Crippen LogP contribution >= 0.6 is 15.9 Å². The highest BCUT2D eigenvalue weighted by Gasteiger charge is 2.27. The molecule has 114 valence electrons. The lowest BCUT2D eigenvalue weighted by Gasteiger charge is -2.31. The molecule has 1 aliphatic rings. The molecule has 2 rings (SSSR count). The fourth-order valence-corrected chi connectivity index (χ4v) is 3.07. The minimum Gasteiger partial charge on any atom is -0.352 e. The molecule has 4 nitrogen and oxygen atoms in total. The van der Waals surface area contributed by atoms with Crippen LogP contribution in [0.5, 0.6) is 0 Å². The third-order valence-electron chi connectivity index (χ3n) is 3.80. The molecule has 0 saturated carbocycles. The van der Waals surface area contributed by atoms with Crippen LogP contribution in [0.3, 0.4) is 0 Å². The van der Waals surface area contributed by atoms with Crippen molar-refractivity contribution in [3.05, 3.63) is 34.3 Å². The van der Waals surface area contributed by atoms with Crippen molar-refractivity contribution in [2.45, 2.75) is 32.7 Å². The van der Waals surface area contributed by atoms with Gasteiger partial charge in [-0.05, 0) is 30.5 Å². The Morgan fingerprint density at radius 3 is 2.95 bits per heavy atom. The van der Waals surface area contributed by atoms with Gasteiger partial charge >= 0.3 is 0 Å². The van der Waals surface area contributed by atoms with Gasteiger partial charge in [0.05, 0.1) is 5.92 Å². The minimum absolute atomic E-state index is 0.0450. The molecule has 1 heterocycles. The molecule has 1 aliphatic heterocycles. The van der Waals surface area contributed by atoms with Crippen LogP contribution in [0, 0.1) is 5.92 Å². The van der Waals surface area contributed by atoms with E-state index >= 15 is 0 Å². The first-order valence-corrected chi connectivity index (χ1v) is 8.19. The van der Waals surface area contributed by atoms with Crippen molar-refractivity contribution in [1.29, 1.82) is 0 Å². The second-order valence-corrected chi connectivity index (χ2v) is 6.30. The van der Waals surface area contributed by atoms with Crippen LogP contribution in [0.25, 0.3) is 0 Å². The molecule has 1 N–H and O–H groups in total. The van der Waals surface area contributed by atoms with E-state index in [9.17, 15) is 9.59 Å². The van der Waals surface area contributed by atoms with E-state index in [4.69, 9.17) is 0 Å². The topological polar surface area (TPSA) is 49.4 Å². The van der Waals surface area contributed by atoms with Gasteiger partial charge in [-0.15, -0.1) is 0 Å². The number of amides is 2. The average molecular weight is 353 g/mol. The van der Waals surface area contributed by atoms with Gasteiger partial charge in [-0.2, -0.15) is 0 Å². The van der Waals surface area contributed by atoms with Crippen LogP contribution in [-0.4, -0.2) is 29.8 Å². The van der Waals surface area contributed by atoms with Crippen molar-refractivity contribution in [1.82, 2.24) is 10.2 Å². The summed E-state index contributed by atoms with van der Waals surface area (Å²) in [6.07, 6.45) is 2.27. The van der Waals surface area contributed by atoms with Crippen LogP contribution in [0.1, 0.15) is 31.7 Å². The molecular weight excluding hydrogens is 332 g/mol. The molecule has 5 heteroatoms. The molecule has 0 radical (unpaired) electrons. The van der Waals surface area contributed by atoms with Gasteiger partial charge in [0, 0.05) is 30.5 Å². The van der Waals surface area contributed by atoms with E-state index in [1.165, 1.54) is 0 Å². The molecule has 0 bridgehead atoms. The van der Waals surface area contributed by atoms with Gasteiger partial charge in [-0.25, -0.2) is 0 Å². The number of likely N-dealkylation sites (tertiary alicyclic amines) is 1. The van der Waals surface area contributed by atoms with E-state index in [2.05, 4.69) is 21.2 Å². The van der Waals surface area contributed by atoms with Crippen LogP contribution in [0.15, 0.2) is 28.7 Å². The molecule has 21 heavy (non-hydrogen) atoms. The van der Waals surface area contributed by atoms with Gasteiger partial charge in [-0.3, -0.25) is 9.59 Å². The first-order valence-electron chi connectivity index (χ1n) is 7.40. The average Bonchev–Trinajstić information content (AvgIpc) is 2.52. The maximum absolute atomic E-state index is 12.3. The van der Waals surface area contributed by atoms with E-state index in [1.807, 2.05) is 36.1 Å². The molecule has 1 aromatic carbocycles. The SMILES string of the molecule is CCC(=O)N1CCCC(C(=O)NCc2cccc(Br)c2)C1. The number of piperidine rings is 1. The second-order valence-electron chi connectivity index (χ2n) is 5.38. The summed E-state index contributed by atoms with van der Waals surface area (Å²) in [6, 6.07) is 7.89. The molecular formula is C16H21BrN2O2. The van der Waals surface area contributed by atoms with Crippen LogP contribution < -0.4 is 5.32 Å². The molecule has 1 aromatic rings. The van der Waals surface area contributed by atoms with Crippen LogP contribution in [0.4, 0.5) is 0 Å². The number of rotatable bonds is 4. The highest BCUT2D eigenvalue weighted by Crippen LogP contribution is 2.18. The van der Waals surface area contributed by atoms with Gasteiger partial charge < -0.3 is 10.2 Å². The van der Waals surface area contributed by atoms with Crippen molar-refractivity contribution in [3.8, 4) is 0 Å². The maximum atomic E-state index is 12.3. The number of hydrogen-bond acceptors (Lipinski definition) is 2. The Hall–Kier alpha value is -1.36. The maximum Gasteiger partial charge on any atom is 0.225 e. The zero-order chi connectivity index (χ0) is 15.2. The molecule has 0 spiro atoms. The van der Waals surface area contributed by atoms with Crippen molar-refractivity contribution < 1.29 is 9.59 Å².